The van der Waals surface area contributed by atoms with E-state index in [0.717, 1.165) is 38.5 Å². The fraction of sp³-hybridized carbons (Fsp3) is 0.839. The summed E-state index contributed by atoms with van der Waals surface area (Å²) >= 11 is 0. The molecule has 4 saturated carbocycles. The van der Waals surface area contributed by atoms with Crippen LogP contribution in [0.5, 0.6) is 0 Å². The van der Waals surface area contributed by atoms with Crippen LogP contribution in [0.4, 0.5) is 0 Å². The van der Waals surface area contributed by atoms with Crippen LogP contribution in [0, 0.1) is 39.4 Å². The van der Waals surface area contributed by atoms with E-state index in [4.69, 9.17) is 14.2 Å². The first-order valence-electron chi connectivity index (χ1n) is 14.4. The summed E-state index contributed by atoms with van der Waals surface area (Å²) in [5, 5.41) is 12.4. The lowest BCUT2D eigenvalue weighted by molar-refractivity contribution is -0.254. The van der Waals surface area contributed by atoms with E-state index in [9.17, 15) is 19.5 Å². The minimum atomic E-state index is -1.34. The Kier molecular flexibility index (Phi) is 6.05. The Labute approximate surface area is 227 Å². The summed E-state index contributed by atoms with van der Waals surface area (Å²) in [6, 6.07) is 0. The molecule has 38 heavy (non-hydrogen) atoms. The number of cyclic esters (lactones) is 1. The summed E-state index contributed by atoms with van der Waals surface area (Å²) in [4.78, 5) is 36.5. The molecular weight excluding hydrogens is 484 g/mol. The van der Waals surface area contributed by atoms with E-state index in [1.54, 1.807) is 13.0 Å². The first-order valence-corrected chi connectivity index (χ1v) is 14.4. The Balaban J connectivity index is 1.57. The van der Waals surface area contributed by atoms with E-state index in [2.05, 4.69) is 34.6 Å². The molecule has 0 unspecified atom stereocenters. The van der Waals surface area contributed by atoms with Gasteiger partial charge in [0, 0.05) is 43.1 Å². The average Bonchev–Trinajstić information content (AvgIpc) is 3.26. The Morgan fingerprint density at radius 3 is 2.05 bits per heavy atom. The third kappa shape index (κ3) is 3.38. The van der Waals surface area contributed by atoms with Crippen molar-refractivity contribution < 1.29 is 33.7 Å². The van der Waals surface area contributed by atoms with Gasteiger partial charge in [-0.2, -0.15) is 0 Å². The Morgan fingerprint density at radius 2 is 1.47 bits per heavy atom. The van der Waals surface area contributed by atoms with Crippen LogP contribution in [0.1, 0.15) is 100 Å². The van der Waals surface area contributed by atoms with Gasteiger partial charge in [0.25, 0.3) is 0 Å². The van der Waals surface area contributed by atoms with Gasteiger partial charge < -0.3 is 19.3 Å². The lowest BCUT2D eigenvalue weighted by Gasteiger charge is -2.70. The zero-order chi connectivity index (χ0) is 28.1. The van der Waals surface area contributed by atoms with Crippen molar-refractivity contribution in [3.05, 3.63) is 12.2 Å². The molecule has 5 aliphatic rings. The van der Waals surface area contributed by atoms with Crippen molar-refractivity contribution >= 4 is 17.9 Å². The molecule has 1 N–H and O–H groups in total. The van der Waals surface area contributed by atoms with Gasteiger partial charge in [-0.05, 0) is 74.2 Å². The van der Waals surface area contributed by atoms with Crippen LogP contribution in [0.2, 0.25) is 0 Å². The van der Waals surface area contributed by atoms with Crippen molar-refractivity contribution in [2.75, 3.05) is 0 Å². The van der Waals surface area contributed by atoms with Gasteiger partial charge in [0.05, 0.1) is 0 Å². The van der Waals surface area contributed by atoms with E-state index < -0.39 is 28.7 Å². The molecule has 7 nitrogen and oxygen atoms in total. The van der Waals surface area contributed by atoms with Crippen LogP contribution in [-0.4, -0.2) is 46.4 Å². The van der Waals surface area contributed by atoms with Crippen LogP contribution in [-0.2, 0) is 28.6 Å². The number of carbonyl (C=O) groups excluding carboxylic acids is 3. The molecule has 212 valence electrons. The highest BCUT2D eigenvalue weighted by Gasteiger charge is 2.77. The Morgan fingerprint density at radius 1 is 0.868 bits per heavy atom. The normalized spacial score (nSPS) is 50.9. The van der Waals surface area contributed by atoms with Crippen molar-refractivity contribution in [1.29, 1.82) is 0 Å². The van der Waals surface area contributed by atoms with Gasteiger partial charge in [-0.1, -0.05) is 34.6 Å². The second-order valence-electron chi connectivity index (χ2n) is 14.5. The first-order chi connectivity index (χ1) is 17.5. The van der Waals surface area contributed by atoms with Crippen molar-refractivity contribution in [2.24, 2.45) is 39.4 Å². The van der Waals surface area contributed by atoms with Gasteiger partial charge in [-0.15, -0.1) is 0 Å². The largest absolute Gasteiger partial charge is 0.462 e. The minimum Gasteiger partial charge on any atom is -0.462 e. The van der Waals surface area contributed by atoms with E-state index >= 15 is 0 Å². The fourth-order valence-electron chi connectivity index (χ4n) is 10.9. The summed E-state index contributed by atoms with van der Waals surface area (Å²) in [7, 11) is 0. The topological polar surface area (TPSA) is 99.1 Å². The molecule has 4 fully saturated rings. The molecule has 0 bridgehead atoms. The smallest absolute Gasteiger partial charge is 0.331 e. The zero-order valence-electron chi connectivity index (χ0n) is 24.4. The van der Waals surface area contributed by atoms with Gasteiger partial charge in [0.2, 0.25) is 0 Å². The number of hydrogen-bond donors (Lipinski definition) is 1. The van der Waals surface area contributed by atoms with Crippen molar-refractivity contribution in [3.63, 3.8) is 0 Å². The molecular formula is C31H46O7. The molecule has 7 heteroatoms. The number of carbonyl (C=O) groups is 3. The van der Waals surface area contributed by atoms with Gasteiger partial charge in [-0.25, -0.2) is 4.79 Å². The quantitative estimate of drug-likeness (QED) is 0.399. The highest BCUT2D eigenvalue weighted by Crippen LogP contribution is 2.77. The summed E-state index contributed by atoms with van der Waals surface area (Å²) in [6.45, 7) is 16.3. The lowest BCUT2D eigenvalue weighted by Crippen LogP contribution is -2.67. The van der Waals surface area contributed by atoms with Crippen molar-refractivity contribution in [2.45, 2.75) is 124 Å². The van der Waals surface area contributed by atoms with Crippen LogP contribution in [0.25, 0.3) is 0 Å². The van der Waals surface area contributed by atoms with E-state index in [-0.39, 0.29) is 46.6 Å². The zero-order valence-corrected chi connectivity index (χ0v) is 24.4. The molecule has 5 rings (SSSR count). The lowest BCUT2D eigenvalue weighted by atomic mass is 9.35. The number of aliphatic hydroxyl groups is 1. The molecule has 0 radical (unpaired) electrons. The number of hydrogen-bond acceptors (Lipinski definition) is 7. The van der Waals surface area contributed by atoms with Crippen molar-refractivity contribution in [3.8, 4) is 0 Å². The number of rotatable bonds is 3. The maximum Gasteiger partial charge on any atom is 0.331 e. The second kappa shape index (κ2) is 8.31. The third-order valence-electron chi connectivity index (χ3n) is 12.8. The van der Waals surface area contributed by atoms with Crippen molar-refractivity contribution in [1.82, 2.24) is 0 Å². The minimum absolute atomic E-state index is 0.0201. The third-order valence-corrected chi connectivity index (χ3v) is 12.8. The van der Waals surface area contributed by atoms with Crippen LogP contribution < -0.4 is 0 Å². The monoisotopic (exact) mass is 530 g/mol. The molecule has 0 saturated heterocycles. The SMILES string of the molecule is CC(=O)O[C@H]1CC[C@]2(C)[C@H]3CC[C@H]4[C@@](C)([C@H](OC(C)=O)C[C@]4(O)[C@]4(C)C=CC(=O)O4)[C@]3(C)CC[C@H]2C1(C)C. The fourth-order valence-corrected chi connectivity index (χ4v) is 10.9. The van der Waals surface area contributed by atoms with Crippen LogP contribution >= 0.6 is 0 Å². The predicted octanol–water partition coefficient (Wildman–Crippen LogP) is 5.13. The molecule has 0 aromatic carbocycles. The second-order valence-corrected chi connectivity index (χ2v) is 14.5. The van der Waals surface area contributed by atoms with E-state index in [1.165, 1.54) is 19.9 Å². The van der Waals surface area contributed by atoms with Crippen LogP contribution in [0.3, 0.4) is 0 Å². The summed E-state index contributed by atoms with van der Waals surface area (Å²) in [5.41, 5.74) is -3.36. The number of fused-ring (bicyclic) bond motifs is 5. The molecule has 10 atom stereocenters. The summed E-state index contributed by atoms with van der Waals surface area (Å²) in [6.07, 6.45) is 8.18. The number of ether oxygens (including phenoxy) is 3. The van der Waals surface area contributed by atoms with Gasteiger partial charge in [-0.3, -0.25) is 9.59 Å². The maximum atomic E-state index is 12.4. The van der Waals surface area contributed by atoms with Gasteiger partial charge in [0.1, 0.15) is 17.8 Å². The molecule has 0 spiro atoms. The average molecular weight is 531 g/mol. The molecule has 4 aliphatic carbocycles. The Hall–Kier alpha value is -1.89. The summed E-state index contributed by atoms with van der Waals surface area (Å²) < 4.78 is 17.7. The molecule has 1 heterocycles. The highest BCUT2D eigenvalue weighted by atomic mass is 16.6. The van der Waals surface area contributed by atoms with E-state index in [0.29, 0.717) is 11.8 Å². The van der Waals surface area contributed by atoms with Crippen LogP contribution in [0.15, 0.2) is 12.2 Å². The first kappa shape index (κ1) is 27.7. The maximum absolute atomic E-state index is 12.4. The molecule has 0 aromatic heterocycles. The Bertz CT molecular complexity index is 1080. The predicted molar refractivity (Wildman–Crippen MR) is 141 cm³/mol. The molecule has 0 amide bonds. The van der Waals surface area contributed by atoms with Gasteiger partial charge >= 0.3 is 17.9 Å². The van der Waals surface area contributed by atoms with E-state index in [1.807, 2.05) is 0 Å². The number of esters is 3. The summed E-state index contributed by atoms with van der Waals surface area (Å²) in [5.74, 6) is -0.482. The molecule has 1 aliphatic heterocycles. The highest BCUT2D eigenvalue weighted by molar-refractivity contribution is 5.85. The van der Waals surface area contributed by atoms with Gasteiger partial charge in [0.15, 0.2) is 5.60 Å². The molecule has 0 aromatic rings. The standard InChI is InChI=1S/C31H46O7/c1-18(32)36-23-12-14-27(5)20(26(23,3)4)11-15-28(6)21(27)9-10-22-30(28,8)24(37-19(2)33)17-31(22,35)29(7)16-13-25(34)38-29/h13,16,20-24,35H,9-12,14-15,17H2,1-8H3/t20-,21+,22-,23-,24+,27-,28+,29-,30-,31+/m0/s1.